The minimum absolute atomic E-state index is 0.102. The summed E-state index contributed by atoms with van der Waals surface area (Å²) in [6.07, 6.45) is 0.868. The molecule has 0 radical (unpaired) electrons. The molecular formula is C26H28N2O3. The molecule has 5 nitrogen and oxygen atoms in total. The molecule has 0 saturated carbocycles. The van der Waals surface area contributed by atoms with Crippen molar-refractivity contribution in [1.29, 1.82) is 0 Å². The fourth-order valence-electron chi connectivity index (χ4n) is 3.27. The molecule has 0 spiro atoms. The van der Waals surface area contributed by atoms with Gasteiger partial charge in [-0.3, -0.25) is 4.79 Å². The number of benzene rings is 3. The van der Waals surface area contributed by atoms with Crippen LogP contribution in [-0.4, -0.2) is 30.4 Å². The standard InChI is InChI=1S/C26H28N2O3/c1-3-25(23-14-12-22(13-15-23)21-9-5-4-6-10-21)27-31-19-20-8-7-11-24(18-20)28(2)17-16-26(29)30/h4-15,18H,3,16-17,19H2,1-2H3,(H,29,30). The number of carboxylic acid groups (broad SMARTS) is 1. The Bertz CT molecular complexity index is 1010. The van der Waals surface area contributed by atoms with Crippen molar-refractivity contribution in [3.05, 3.63) is 90.0 Å². The van der Waals surface area contributed by atoms with Crippen LogP contribution in [0, 0.1) is 0 Å². The van der Waals surface area contributed by atoms with Gasteiger partial charge in [0.1, 0.15) is 6.61 Å². The van der Waals surface area contributed by atoms with Gasteiger partial charge in [-0.2, -0.15) is 0 Å². The SMILES string of the molecule is CCC(=NOCc1cccc(N(C)CCC(=O)O)c1)c1ccc(-c2ccccc2)cc1. The topological polar surface area (TPSA) is 62.1 Å². The van der Waals surface area contributed by atoms with Crippen LogP contribution in [0.15, 0.2) is 84.0 Å². The first kappa shape index (κ1) is 22.1. The van der Waals surface area contributed by atoms with Crippen molar-refractivity contribution in [2.75, 3.05) is 18.5 Å². The van der Waals surface area contributed by atoms with Gasteiger partial charge in [-0.25, -0.2) is 0 Å². The predicted octanol–water partition coefficient (Wildman–Crippen LogP) is 5.60. The Morgan fingerprint density at radius 3 is 2.35 bits per heavy atom. The molecule has 0 heterocycles. The molecule has 0 unspecified atom stereocenters. The minimum Gasteiger partial charge on any atom is -0.481 e. The Balaban J connectivity index is 1.63. The monoisotopic (exact) mass is 416 g/mol. The molecule has 160 valence electrons. The molecule has 0 atom stereocenters. The first-order valence-corrected chi connectivity index (χ1v) is 10.4. The highest BCUT2D eigenvalue weighted by molar-refractivity contribution is 6.00. The zero-order chi connectivity index (χ0) is 22.1. The largest absolute Gasteiger partial charge is 0.481 e. The third kappa shape index (κ3) is 6.44. The molecule has 0 aliphatic rings. The van der Waals surface area contributed by atoms with E-state index in [0.717, 1.165) is 28.9 Å². The molecule has 0 saturated heterocycles. The number of carbonyl (C=O) groups is 1. The summed E-state index contributed by atoms with van der Waals surface area (Å²) >= 11 is 0. The molecular weight excluding hydrogens is 388 g/mol. The predicted molar refractivity (Wildman–Crippen MR) is 125 cm³/mol. The zero-order valence-corrected chi connectivity index (χ0v) is 18.0. The Morgan fingerprint density at radius 2 is 1.68 bits per heavy atom. The molecule has 0 aliphatic carbocycles. The molecule has 3 aromatic carbocycles. The van der Waals surface area contributed by atoms with Crippen molar-refractivity contribution in [2.24, 2.45) is 5.16 Å². The van der Waals surface area contributed by atoms with Crippen molar-refractivity contribution in [1.82, 2.24) is 0 Å². The highest BCUT2D eigenvalue weighted by Crippen LogP contribution is 2.20. The first-order valence-electron chi connectivity index (χ1n) is 10.4. The van der Waals surface area contributed by atoms with Crippen LogP contribution in [0.1, 0.15) is 30.9 Å². The number of anilines is 1. The van der Waals surface area contributed by atoms with Crippen LogP contribution in [-0.2, 0) is 16.2 Å². The molecule has 31 heavy (non-hydrogen) atoms. The molecule has 3 rings (SSSR count). The van der Waals surface area contributed by atoms with Crippen LogP contribution in [0.2, 0.25) is 0 Å². The van der Waals surface area contributed by atoms with E-state index < -0.39 is 5.97 Å². The van der Waals surface area contributed by atoms with Crippen LogP contribution in [0.3, 0.4) is 0 Å². The van der Waals surface area contributed by atoms with Gasteiger partial charge >= 0.3 is 5.97 Å². The van der Waals surface area contributed by atoms with Crippen LogP contribution in [0.5, 0.6) is 0 Å². The van der Waals surface area contributed by atoms with E-state index in [-0.39, 0.29) is 6.42 Å². The van der Waals surface area contributed by atoms with E-state index in [4.69, 9.17) is 9.94 Å². The molecule has 0 aromatic heterocycles. The third-order valence-electron chi connectivity index (χ3n) is 5.08. The van der Waals surface area contributed by atoms with Crippen LogP contribution in [0.4, 0.5) is 5.69 Å². The highest BCUT2D eigenvalue weighted by Gasteiger charge is 2.06. The number of nitrogens with zero attached hydrogens (tertiary/aromatic N) is 2. The summed E-state index contributed by atoms with van der Waals surface area (Å²) in [5.74, 6) is -0.801. The maximum Gasteiger partial charge on any atom is 0.305 e. The van der Waals surface area contributed by atoms with E-state index in [1.807, 2.05) is 54.4 Å². The fourth-order valence-corrected chi connectivity index (χ4v) is 3.27. The number of oxime groups is 1. The van der Waals surface area contributed by atoms with Crippen LogP contribution >= 0.6 is 0 Å². The van der Waals surface area contributed by atoms with Crippen molar-refractivity contribution in [3.63, 3.8) is 0 Å². The maximum atomic E-state index is 10.8. The molecule has 1 N–H and O–H groups in total. The molecule has 0 fully saturated rings. The molecule has 0 aliphatic heterocycles. The first-order chi connectivity index (χ1) is 15.1. The quantitative estimate of drug-likeness (QED) is 0.345. The van der Waals surface area contributed by atoms with E-state index >= 15 is 0 Å². The average Bonchev–Trinajstić information content (AvgIpc) is 2.81. The van der Waals surface area contributed by atoms with Crippen molar-refractivity contribution in [2.45, 2.75) is 26.4 Å². The number of carboxylic acids is 1. The van der Waals surface area contributed by atoms with Gasteiger partial charge in [-0.05, 0) is 40.8 Å². The third-order valence-corrected chi connectivity index (χ3v) is 5.08. The summed E-state index contributed by atoms with van der Waals surface area (Å²) in [5, 5.41) is 13.2. The lowest BCUT2D eigenvalue weighted by atomic mass is 10.0. The minimum atomic E-state index is -0.801. The molecule has 0 bridgehead atoms. The van der Waals surface area contributed by atoms with Crippen LogP contribution in [0.25, 0.3) is 11.1 Å². The number of hydrogen-bond acceptors (Lipinski definition) is 4. The number of rotatable bonds is 10. The van der Waals surface area contributed by atoms with Gasteiger partial charge in [-0.15, -0.1) is 0 Å². The molecule has 5 heteroatoms. The average molecular weight is 417 g/mol. The summed E-state index contributed by atoms with van der Waals surface area (Å²) in [7, 11) is 1.88. The lowest BCUT2D eigenvalue weighted by Gasteiger charge is -2.18. The van der Waals surface area contributed by atoms with E-state index in [1.165, 1.54) is 11.1 Å². The normalized spacial score (nSPS) is 11.2. The molecule has 0 amide bonds. The van der Waals surface area contributed by atoms with Crippen molar-refractivity contribution < 1.29 is 14.7 Å². The Hall–Kier alpha value is -3.60. The van der Waals surface area contributed by atoms with E-state index in [1.54, 1.807) is 0 Å². The Labute approximate surface area is 183 Å². The lowest BCUT2D eigenvalue weighted by Crippen LogP contribution is -2.21. The van der Waals surface area contributed by atoms with Gasteiger partial charge in [0.2, 0.25) is 0 Å². The summed E-state index contributed by atoms with van der Waals surface area (Å²) in [6, 6.07) is 26.5. The second-order valence-corrected chi connectivity index (χ2v) is 7.34. The number of hydrogen-bond donors (Lipinski definition) is 1. The van der Waals surface area contributed by atoms with E-state index in [9.17, 15) is 4.79 Å². The Kier molecular flexibility index (Phi) is 7.82. The van der Waals surface area contributed by atoms with Crippen molar-refractivity contribution in [3.8, 4) is 11.1 Å². The highest BCUT2D eigenvalue weighted by atomic mass is 16.6. The molecule has 3 aromatic rings. The summed E-state index contributed by atoms with van der Waals surface area (Å²) in [6.45, 7) is 2.87. The van der Waals surface area contributed by atoms with Gasteiger partial charge in [-0.1, -0.05) is 78.8 Å². The summed E-state index contributed by atoms with van der Waals surface area (Å²) in [5.41, 5.74) is 6.24. The smallest absolute Gasteiger partial charge is 0.305 e. The maximum absolute atomic E-state index is 10.8. The second-order valence-electron chi connectivity index (χ2n) is 7.34. The van der Waals surface area contributed by atoms with Gasteiger partial charge in [0.25, 0.3) is 0 Å². The van der Waals surface area contributed by atoms with Crippen LogP contribution < -0.4 is 4.90 Å². The lowest BCUT2D eigenvalue weighted by molar-refractivity contribution is -0.136. The zero-order valence-electron chi connectivity index (χ0n) is 18.0. The van der Waals surface area contributed by atoms with Crippen molar-refractivity contribution >= 4 is 17.4 Å². The Morgan fingerprint density at radius 1 is 0.968 bits per heavy atom. The van der Waals surface area contributed by atoms with Gasteiger partial charge in [0.05, 0.1) is 12.1 Å². The number of aliphatic carboxylic acids is 1. The van der Waals surface area contributed by atoms with E-state index in [0.29, 0.717) is 13.2 Å². The van der Waals surface area contributed by atoms with Gasteiger partial charge < -0.3 is 14.8 Å². The summed E-state index contributed by atoms with van der Waals surface area (Å²) < 4.78 is 0. The fraction of sp³-hybridized carbons (Fsp3) is 0.231. The second kappa shape index (κ2) is 11.0. The summed E-state index contributed by atoms with van der Waals surface area (Å²) in [4.78, 5) is 18.4. The van der Waals surface area contributed by atoms with Gasteiger partial charge in [0, 0.05) is 19.3 Å². The van der Waals surface area contributed by atoms with E-state index in [2.05, 4.69) is 48.5 Å². The van der Waals surface area contributed by atoms with Gasteiger partial charge in [0.15, 0.2) is 0 Å².